The summed E-state index contributed by atoms with van der Waals surface area (Å²) in [5.74, 6) is 0. The molecular formula is C12H17NO2. The second-order valence-electron chi connectivity index (χ2n) is 2.16. The Balaban J connectivity index is 0.000000442. The molecule has 1 aromatic carbocycles. The Morgan fingerprint density at radius 1 is 1.07 bits per heavy atom. The molecule has 2 aromatic rings. The maximum absolute atomic E-state index is 11.0. The second-order valence-corrected chi connectivity index (χ2v) is 2.16. The number of para-hydroxylation sites is 1. The SMILES string of the molecule is CC.CC.O=c1ocnc2ccccc12. The first-order chi connectivity index (χ1) is 7.38. The summed E-state index contributed by atoms with van der Waals surface area (Å²) in [6.07, 6.45) is 1.16. The van der Waals surface area contributed by atoms with Gasteiger partial charge in [0.2, 0.25) is 0 Å². The van der Waals surface area contributed by atoms with Gasteiger partial charge in [-0.05, 0) is 12.1 Å². The maximum atomic E-state index is 11.0. The molecular weight excluding hydrogens is 190 g/mol. The lowest BCUT2D eigenvalue weighted by atomic mass is 10.2. The van der Waals surface area contributed by atoms with E-state index in [9.17, 15) is 4.79 Å². The largest absolute Gasteiger partial charge is 0.411 e. The fourth-order valence-electron chi connectivity index (χ4n) is 0.953. The van der Waals surface area contributed by atoms with Crippen LogP contribution in [0.25, 0.3) is 10.9 Å². The van der Waals surface area contributed by atoms with Crippen molar-refractivity contribution in [2.45, 2.75) is 27.7 Å². The summed E-state index contributed by atoms with van der Waals surface area (Å²) in [5.41, 5.74) is 0.333. The Kier molecular flexibility index (Phi) is 6.89. The van der Waals surface area contributed by atoms with Gasteiger partial charge < -0.3 is 4.42 Å². The van der Waals surface area contributed by atoms with E-state index < -0.39 is 0 Å². The van der Waals surface area contributed by atoms with Gasteiger partial charge in [-0.25, -0.2) is 9.78 Å². The van der Waals surface area contributed by atoms with Crippen LogP contribution >= 0.6 is 0 Å². The molecule has 0 aliphatic carbocycles. The number of aromatic nitrogens is 1. The molecule has 0 radical (unpaired) electrons. The van der Waals surface area contributed by atoms with Crippen molar-refractivity contribution in [1.82, 2.24) is 4.98 Å². The van der Waals surface area contributed by atoms with Crippen LogP contribution in [0.2, 0.25) is 0 Å². The van der Waals surface area contributed by atoms with Gasteiger partial charge in [-0.2, -0.15) is 0 Å². The summed E-state index contributed by atoms with van der Waals surface area (Å²) in [7, 11) is 0. The van der Waals surface area contributed by atoms with Crippen molar-refractivity contribution in [3.05, 3.63) is 41.1 Å². The van der Waals surface area contributed by atoms with Gasteiger partial charge in [0.25, 0.3) is 0 Å². The van der Waals surface area contributed by atoms with E-state index in [1.807, 2.05) is 33.8 Å². The first kappa shape index (κ1) is 13.4. The number of fused-ring (bicyclic) bond motifs is 1. The Labute approximate surface area is 89.8 Å². The minimum absolute atomic E-state index is 0.337. The third kappa shape index (κ3) is 3.54. The summed E-state index contributed by atoms with van der Waals surface area (Å²) >= 11 is 0. The van der Waals surface area contributed by atoms with Crippen molar-refractivity contribution in [3.8, 4) is 0 Å². The van der Waals surface area contributed by atoms with Crippen LogP contribution in [0.3, 0.4) is 0 Å². The highest BCUT2D eigenvalue weighted by Crippen LogP contribution is 2.03. The van der Waals surface area contributed by atoms with Crippen LogP contribution in [0.4, 0.5) is 0 Å². The third-order valence-electron chi connectivity index (χ3n) is 1.48. The Morgan fingerprint density at radius 3 is 2.27 bits per heavy atom. The van der Waals surface area contributed by atoms with E-state index in [-0.39, 0.29) is 5.63 Å². The predicted molar refractivity (Wildman–Crippen MR) is 63.0 cm³/mol. The van der Waals surface area contributed by atoms with Gasteiger partial charge in [0.05, 0.1) is 10.9 Å². The van der Waals surface area contributed by atoms with Gasteiger partial charge in [0, 0.05) is 0 Å². The van der Waals surface area contributed by atoms with E-state index in [1.54, 1.807) is 18.2 Å². The standard InChI is InChI=1S/C8H5NO2.2C2H6/c10-8-6-3-1-2-4-7(6)9-5-11-8;2*1-2/h1-5H;2*1-2H3. The van der Waals surface area contributed by atoms with Crippen molar-refractivity contribution in [2.75, 3.05) is 0 Å². The van der Waals surface area contributed by atoms with Crippen molar-refractivity contribution in [3.63, 3.8) is 0 Å². The van der Waals surface area contributed by atoms with Gasteiger partial charge in [-0.15, -0.1) is 0 Å². The second kappa shape index (κ2) is 7.74. The van der Waals surface area contributed by atoms with Crippen LogP contribution in [-0.2, 0) is 0 Å². The molecule has 0 saturated heterocycles. The number of benzene rings is 1. The van der Waals surface area contributed by atoms with Crippen molar-refractivity contribution >= 4 is 10.9 Å². The molecule has 0 N–H and O–H groups in total. The summed E-state index contributed by atoms with van der Waals surface area (Å²) in [5, 5.41) is 0.523. The maximum Gasteiger partial charge on any atom is 0.346 e. The minimum Gasteiger partial charge on any atom is -0.411 e. The lowest BCUT2D eigenvalue weighted by Gasteiger charge is -1.90. The highest BCUT2D eigenvalue weighted by atomic mass is 16.4. The van der Waals surface area contributed by atoms with Crippen LogP contribution in [0.5, 0.6) is 0 Å². The quantitative estimate of drug-likeness (QED) is 0.666. The molecule has 82 valence electrons. The summed E-state index contributed by atoms with van der Waals surface area (Å²) in [4.78, 5) is 14.8. The first-order valence-electron chi connectivity index (χ1n) is 5.20. The normalized spacial score (nSPS) is 8.27. The molecule has 0 unspecified atom stereocenters. The molecule has 0 aliphatic rings. The lowest BCUT2D eigenvalue weighted by Crippen LogP contribution is -1.98. The van der Waals surface area contributed by atoms with Gasteiger partial charge >= 0.3 is 5.63 Å². The molecule has 0 spiro atoms. The van der Waals surface area contributed by atoms with Gasteiger partial charge in [0.15, 0.2) is 6.39 Å². The van der Waals surface area contributed by atoms with Gasteiger partial charge in [-0.1, -0.05) is 39.8 Å². The molecule has 1 aromatic heterocycles. The Hall–Kier alpha value is -1.64. The van der Waals surface area contributed by atoms with E-state index in [0.29, 0.717) is 10.9 Å². The van der Waals surface area contributed by atoms with Crippen LogP contribution in [0, 0.1) is 0 Å². The summed E-state index contributed by atoms with van der Waals surface area (Å²) < 4.78 is 4.57. The number of hydrogen-bond acceptors (Lipinski definition) is 3. The van der Waals surface area contributed by atoms with Crippen LogP contribution in [0.15, 0.2) is 39.9 Å². The molecule has 0 amide bonds. The summed E-state index contributed by atoms with van der Waals surface area (Å²) in [6, 6.07) is 7.07. The smallest absolute Gasteiger partial charge is 0.346 e. The molecule has 0 saturated carbocycles. The zero-order chi connectivity index (χ0) is 11.7. The van der Waals surface area contributed by atoms with E-state index in [0.717, 1.165) is 6.39 Å². The average Bonchev–Trinajstić information content (AvgIpc) is 2.35. The number of hydrogen-bond donors (Lipinski definition) is 0. The molecule has 2 rings (SSSR count). The van der Waals surface area contributed by atoms with Crippen LogP contribution in [0.1, 0.15) is 27.7 Å². The fourth-order valence-corrected chi connectivity index (χ4v) is 0.953. The Morgan fingerprint density at radius 2 is 1.67 bits per heavy atom. The van der Waals surface area contributed by atoms with Crippen molar-refractivity contribution in [2.24, 2.45) is 0 Å². The minimum atomic E-state index is -0.337. The molecule has 3 nitrogen and oxygen atoms in total. The molecule has 15 heavy (non-hydrogen) atoms. The monoisotopic (exact) mass is 207 g/mol. The van der Waals surface area contributed by atoms with Crippen molar-refractivity contribution < 1.29 is 4.42 Å². The highest BCUT2D eigenvalue weighted by molar-refractivity contribution is 5.76. The molecule has 0 aliphatic heterocycles. The lowest BCUT2D eigenvalue weighted by molar-refractivity contribution is 0.501. The molecule has 0 atom stereocenters. The fraction of sp³-hybridized carbons (Fsp3) is 0.333. The highest BCUT2D eigenvalue weighted by Gasteiger charge is 1.96. The average molecular weight is 207 g/mol. The van der Waals surface area contributed by atoms with Crippen LogP contribution < -0.4 is 5.63 Å². The van der Waals surface area contributed by atoms with Gasteiger partial charge in [0.1, 0.15) is 0 Å². The first-order valence-corrected chi connectivity index (χ1v) is 5.20. The topological polar surface area (TPSA) is 43.1 Å². The molecule has 0 bridgehead atoms. The molecule has 3 heteroatoms. The third-order valence-corrected chi connectivity index (χ3v) is 1.48. The number of nitrogens with zero attached hydrogens (tertiary/aromatic N) is 1. The van der Waals surface area contributed by atoms with Crippen molar-refractivity contribution in [1.29, 1.82) is 0 Å². The van der Waals surface area contributed by atoms with E-state index in [1.165, 1.54) is 0 Å². The predicted octanol–water partition coefficient (Wildman–Crippen LogP) is 3.24. The zero-order valence-electron chi connectivity index (χ0n) is 9.65. The molecule has 1 heterocycles. The number of rotatable bonds is 0. The van der Waals surface area contributed by atoms with Gasteiger partial charge in [-0.3, -0.25) is 0 Å². The summed E-state index contributed by atoms with van der Waals surface area (Å²) in [6.45, 7) is 8.00. The Bertz CT molecular complexity index is 429. The van der Waals surface area contributed by atoms with E-state index in [2.05, 4.69) is 9.40 Å². The molecule has 0 fully saturated rings. The van der Waals surface area contributed by atoms with E-state index >= 15 is 0 Å². The van der Waals surface area contributed by atoms with Crippen LogP contribution in [-0.4, -0.2) is 4.98 Å². The zero-order valence-corrected chi connectivity index (χ0v) is 9.65. The van der Waals surface area contributed by atoms with E-state index in [4.69, 9.17) is 0 Å².